The highest BCUT2D eigenvalue weighted by Crippen LogP contribution is 2.41. The van der Waals surface area contributed by atoms with Crippen LogP contribution in [0.4, 0.5) is 17.1 Å². The number of phenols is 1. The van der Waals surface area contributed by atoms with Gasteiger partial charge in [-0.25, -0.2) is 0 Å². The number of aryl methyl sites for hydroxylation is 1. The summed E-state index contributed by atoms with van der Waals surface area (Å²) in [6.07, 6.45) is 0.298. The maximum Gasteiger partial charge on any atom is 0.294 e. The molecule has 4 aromatic carbocycles. The number of carbonyl (C=O) groups is 1. The molecule has 12 heteroatoms. The molecule has 0 fully saturated rings. The minimum atomic E-state index is -4.55. The largest absolute Gasteiger partial charge is 0.505 e. The van der Waals surface area contributed by atoms with Gasteiger partial charge in [0.25, 0.3) is 16.0 Å². The Kier molecular flexibility index (Phi) is 7.89. The van der Waals surface area contributed by atoms with E-state index in [2.05, 4.69) is 15.5 Å². The zero-order valence-electron chi connectivity index (χ0n) is 20.1. The second kappa shape index (κ2) is 11.0. The predicted octanol–water partition coefficient (Wildman–Crippen LogP) is 7.34. The molecule has 38 heavy (non-hydrogen) atoms. The molecule has 196 valence electrons. The number of ether oxygens (including phenoxy) is 1. The molecule has 4 aromatic rings. The molecule has 1 amide bonds. The lowest BCUT2D eigenvalue weighted by atomic mass is 10.0. The molecule has 0 spiro atoms. The van der Waals surface area contributed by atoms with Crippen molar-refractivity contribution in [2.45, 2.75) is 18.2 Å². The van der Waals surface area contributed by atoms with Gasteiger partial charge in [0.05, 0.1) is 28.3 Å². The van der Waals surface area contributed by atoms with E-state index in [1.807, 2.05) is 0 Å². The lowest BCUT2D eigenvalue weighted by Gasteiger charge is -2.13. The van der Waals surface area contributed by atoms with Gasteiger partial charge >= 0.3 is 0 Å². The molecule has 0 unspecified atom stereocenters. The fraction of sp³-hybridized carbons (Fsp3) is 0.115. The van der Waals surface area contributed by atoms with E-state index in [1.165, 1.54) is 25.3 Å². The summed E-state index contributed by atoms with van der Waals surface area (Å²) in [6, 6.07) is 15.5. The van der Waals surface area contributed by atoms with E-state index in [1.54, 1.807) is 43.3 Å². The molecule has 0 bridgehead atoms. The molecule has 0 aliphatic heterocycles. The first kappa shape index (κ1) is 27.3. The molecule has 3 N–H and O–H groups in total. The van der Waals surface area contributed by atoms with Crippen LogP contribution in [0.25, 0.3) is 10.8 Å². The van der Waals surface area contributed by atoms with Crippen LogP contribution in [-0.4, -0.2) is 31.1 Å². The molecule has 0 saturated heterocycles. The maximum atomic E-state index is 13.2. The highest BCUT2D eigenvalue weighted by molar-refractivity contribution is 7.85. The van der Waals surface area contributed by atoms with Crippen LogP contribution < -0.4 is 10.1 Å². The summed E-state index contributed by atoms with van der Waals surface area (Å²) >= 11 is 12.3. The van der Waals surface area contributed by atoms with Crippen molar-refractivity contribution in [3.8, 4) is 11.5 Å². The van der Waals surface area contributed by atoms with Crippen LogP contribution in [0.3, 0.4) is 0 Å². The highest BCUT2D eigenvalue weighted by Gasteiger charge is 2.21. The number of halogens is 2. The summed E-state index contributed by atoms with van der Waals surface area (Å²) in [6.45, 7) is 1.71. The third-order valence-electron chi connectivity index (χ3n) is 5.70. The third-order valence-corrected chi connectivity index (χ3v) is 7.17. The monoisotopic (exact) mass is 573 g/mol. The van der Waals surface area contributed by atoms with Gasteiger partial charge in [-0.3, -0.25) is 9.35 Å². The number of anilines is 1. The van der Waals surface area contributed by atoms with Gasteiger partial charge in [0.1, 0.15) is 17.1 Å². The number of nitrogens with zero attached hydrogens (tertiary/aromatic N) is 2. The number of rotatable bonds is 7. The molecular formula is C26H21Cl2N3O6S. The zero-order chi connectivity index (χ0) is 27.6. The average Bonchev–Trinajstić information content (AvgIpc) is 2.87. The van der Waals surface area contributed by atoms with Gasteiger partial charge in [-0.2, -0.15) is 8.42 Å². The lowest BCUT2D eigenvalue weighted by Crippen LogP contribution is -2.13. The second-order valence-electron chi connectivity index (χ2n) is 8.08. The van der Waals surface area contributed by atoms with Crippen LogP contribution in [0, 0.1) is 0 Å². The van der Waals surface area contributed by atoms with Crippen molar-refractivity contribution >= 4 is 67.1 Å². The number of nitrogens with one attached hydrogen (secondary N) is 1. The van der Waals surface area contributed by atoms with Crippen LogP contribution in [0.1, 0.15) is 22.8 Å². The van der Waals surface area contributed by atoms with Gasteiger partial charge < -0.3 is 15.2 Å². The summed E-state index contributed by atoms with van der Waals surface area (Å²) in [4.78, 5) is 12.9. The molecule has 0 aliphatic carbocycles. The van der Waals surface area contributed by atoms with Gasteiger partial charge in [0.15, 0.2) is 5.75 Å². The van der Waals surface area contributed by atoms with E-state index in [4.69, 9.17) is 27.9 Å². The topological polar surface area (TPSA) is 138 Å². The van der Waals surface area contributed by atoms with Crippen LogP contribution in [-0.2, 0) is 16.5 Å². The summed E-state index contributed by atoms with van der Waals surface area (Å²) < 4.78 is 38.6. The highest BCUT2D eigenvalue weighted by atomic mass is 35.5. The van der Waals surface area contributed by atoms with Crippen LogP contribution in [0.2, 0.25) is 10.0 Å². The quantitative estimate of drug-likeness (QED) is 0.156. The summed E-state index contributed by atoms with van der Waals surface area (Å²) in [5, 5.41) is 23.4. The smallest absolute Gasteiger partial charge is 0.294 e. The van der Waals surface area contributed by atoms with Gasteiger partial charge in [-0.15, -0.1) is 10.2 Å². The molecule has 0 radical (unpaired) electrons. The molecule has 4 rings (SSSR count). The molecule has 0 aliphatic rings. The first-order valence-corrected chi connectivity index (χ1v) is 13.3. The normalized spacial score (nSPS) is 11.7. The van der Waals surface area contributed by atoms with Crippen LogP contribution in [0.15, 0.2) is 75.8 Å². The van der Waals surface area contributed by atoms with Crippen molar-refractivity contribution in [1.82, 2.24) is 0 Å². The Labute approximate surface area is 228 Å². The predicted molar refractivity (Wildman–Crippen MR) is 146 cm³/mol. The summed E-state index contributed by atoms with van der Waals surface area (Å²) in [5.74, 6) is -0.769. The number of hydrogen-bond donors (Lipinski definition) is 3. The first-order chi connectivity index (χ1) is 18.0. The number of methoxy groups -OCH3 is 1. The molecule has 0 saturated carbocycles. The minimum absolute atomic E-state index is 0.0460. The Bertz CT molecular complexity index is 1710. The molecule has 0 heterocycles. The fourth-order valence-corrected chi connectivity index (χ4v) is 5.03. The van der Waals surface area contributed by atoms with Crippen molar-refractivity contribution in [2.24, 2.45) is 10.2 Å². The number of hydrogen-bond acceptors (Lipinski definition) is 7. The van der Waals surface area contributed by atoms with Gasteiger partial charge in [-0.1, -0.05) is 54.4 Å². The fourth-order valence-electron chi connectivity index (χ4n) is 3.84. The van der Waals surface area contributed by atoms with Crippen molar-refractivity contribution in [3.05, 3.63) is 81.8 Å². The number of azo groups is 1. The Morgan fingerprint density at radius 2 is 1.79 bits per heavy atom. The Morgan fingerprint density at radius 3 is 2.47 bits per heavy atom. The Morgan fingerprint density at radius 1 is 1.05 bits per heavy atom. The van der Waals surface area contributed by atoms with Crippen molar-refractivity contribution in [3.63, 3.8) is 0 Å². The first-order valence-electron chi connectivity index (χ1n) is 11.1. The number of fused-ring (bicyclic) bond motifs is 1. The number of carbonyl (C=O) groups excluding carboxylic acids is 1. The van der Waals surface area contributed by atoms with Gasteiger partial charge in [0, 0.05) is 10.4 Å². The van der Waals surface area contributed by atoms with Gasteiger partial charge in [0.2, 0.25) is 0 Å². The SMILES string of the molecule is CCc1cc(Cl)c(N=Nc2c(O)c(C(=O)Nc3cc(Cl)ccc3OC)cc3ccccc23)cc1S(=O)(=O)O. The summed E-state index contributed by atoms with van der Waals surface area (Å²) in [7, 11) is -3.11. The van der Waals surface area contributed by atoms with E-state index in [0.717, 1.165) is 6.07 Å². The van der Waals surface area contributed by atoms with E-state index in [-0.39, 0.29) is 26.9 Å². The van der Waals surface area contributed by atoms with Crippen LogP contribution >= 0.6 is 23.2 Å². The third kappa shape index (κ3) is 5.58. The molecule has 0 aromatic heterocycles. The molecule has 9 nitrogen and oxygen atoms in total. The van der Waals surface area contributed by atoms with E-state index < -0.39 is 21.8 Å². The second-order valence-corrected chi connectivity index (χ2v) is 10.3. The standard InChI is InChI=1S/C26H21Cl2N3O6S/c1-3-14-11-19(28)20(13-23(14)38(34,35)36)30-31-24-17-7-5-4-6-15(17)10-18(25(24)32)26(33)29-21-12-16(27)8-9-22(21)37-2/h4-13,32H,3H2,1-2H3,(H,29,33)(H,34,35,36). The minimum Gasteiger partial charge on any atom is -0.505 e. The van der Waals surface area contributed by atoms with E-state index in [9.17, 15) is 22.9 Å². The van der Waals surface area contributed by atoms with E-state index >= 15 is 0 Å². The zero-order valence-corrected chi connectivity index (χ0v) is 22.4. The number of aromatic hydroxyl groups is 1. The Hall–Kier alpha value is -3.70. The Balaban J connectivity index is 1.82. The van der Waals surface area contributed by atoms with Gasteiger partial charge in [-0.05, 0) is 53.8 Å². The number of phenolic OH excluding ortho intramolecular Hbond substituents is 1. The van der Waals surface area contributed by atoms with Crippen molar-refractivity contribution in [2.75, 3.05) is 12.4 Å². The van der Waals surface area contributed by atoms with Crippen molar-refractivity contribution in [1.29, 1.82) is 0 Å². The number of benzene rings is 4. The number of amides is 1. The van der Waals surface area contributed by atoms with E-state index in [0.29, 0.717) is 39.2 Å². The van der Waals surface area contributed by atoms with Crippen molar-refractivity contribution < 1.29 is 27.6 Å². The van der Waals surface area contributed by atoms with Crippen LogP contribution in [0.5, 0.6) is 11.5 Å². The molecular weight excluding hydrogens is 553 g/mol. The lowest BCUT2D eigenvalue weighted by molar-refractivity contribution is 0.102. The maximum absolute atomic E-state index is 13.2. The summed E-state index contributed by atoms with van der Waals surface area (Å²) in [5.41, 5.74) is 0.390. The average molecular weight is 574 g/mol. The molecule has 0 atom stereocenters.